The van der Waals surface area contributed by atoms with Gasteiger partial charge in [-0.15, -0.1) is 0 Å². The van der Waals surface area contributed by atoms with Crippen LogP contribution in [0.5, 0.6) is 0 Å². The number of phosphoric ester groups is 1. The predicted molar refractivity (Wildman–Crippen MR) is 76.3 cm³/mol. The van der Waals surface area contributed by atoms with E-state index in [1.165, 1.54) is 31.2 Å². The summed E-state index contributed by atoms with van der Waals surface area (Å²) in [5.74, 6) is 0. The maximum atomic E-state index is 11.5. The van der Waals surface area contributed by atoms with Crippen LogP contribution < -0.4 is 0 Å². The van der Waals surface area contributed by atoms with Crippen molar-refractivity contribution in [3.05, 3.63) is 39.9 Å². The number of nitro groups is 1. The van der Waals surface area contributed by atoms with E-state index in [1.54, 1.807) is 0 Å². The molecule has 2 unspecified atom stereocenters. The standard InChI is InChI=1S/C10H15NO10P2/c1-2-19-10(20-23(17,18)21-22(14,15)16)7-8-5-3-4-6-9(8)11(12)13/h3-6,10H,2,7H2,1H3,(H,17,18)(H2,14,15,16). The molecule has 0 saturated heterocycles. The summed E-state index contributed by atoms with van der Waals surface area (Å²) in [5.41, 5.74) is -0.114. The number of benzene rings is 1. The smallest absolute Gasteiger partial charge is 0.352 e. The van der Waals surface area contributed by atoms with E-state index in [0.29, 0.717) is 0 Å². The fraction of sp³-hybridized carbons (Fsp3) is 0.400. The third kappa shape index (κ3) is 7.30. The molecular formula is C10H15NO10P2. The second-order valence-electron chi connectivity index (χ2n) is 4.12. The van der Waals surface area contributed by atoms with E-state index in [1.807, 2.05) is 0 Å². The first-order valence-corrected chi connectivity index (χ1v) is 9.18. The molecule has 2 atom stereocenters. The van der Waals surface area contributed by atoms with Gasteiger partial charge in [0, 0.05) is 24.7 Å². The molecule has 23 heavy (non-hydrogen) atoms. The van der Waals surface area contributed by atoms with Gasteiger partial charge in [0.15, 0.2) is 6.29 Å². The van der Waals surface area contributed by atoms with Gasteiger partial charge in [-0.05, 0) is 6.92 Å². The zero-order chi connectivity index (χ0) is 17.7. The van der Waals surface area contributed by atoms with Crippen molar-refractivity contribution >= 4 is 21.3 Å². The second kappa shape index (κ2) is 8.09. The summed E-state index contributed by atoms with van der Waals surface area (Å²) in [6.07, 6.45) is -1.79. The molecule has 1 rings (SSSR count). The molecule has 0 aliphatic heterocycles. The lowest BCUT2D eigenvalue weighted by Gasteiger charge is -2.20. The van der Waals surface area contributed by atoms with Crippen molar-refractivity contribution in [1.29, 1.82) is 0 Å². The summed E-state index contributed by atoms with van der Waals surface area (Å²) in [5, 5.41) is 10.9. The Morgan fingerprint density at radius 1 is 1.26 bits per heavy atom. The summed E-state index contributed by atoms with van der Waals surface area (Å²) < 4.78 is 35.4. The van der Waals surface area contributed by atoms with Crippen molar-refractivity contribution < 1.29 is 42.3 Å². The van der Waals surface area contributed by atoms with Crippen molar-refractivity contribution in [3.8, 4) is 0 Å². The molecule has 0 aliphatic rings. The number of para-hydroxylation sites is 1. The van der Waals surface area contributed by atoms with Crippen molar-refractivity contribution in [3.63, 3.8) is 0 Å². The molecular weight excluding hydrogens is 356 g/mol. The van der Waals surface area contributed by atoms with E-state index in [2.05, 4.69) is 8.83 Å². The average molecular weight is 371 g/mol. The summed E-state index contributed by atoms with van der Waals surface area (Å²) in [6, 6.07) is 5.56. The van der Waals surface area contributed by atoms with Gasteiger partial charge in [0.2, 0.25) is 0 Å². The summed E-state index contributed by atoms with van der Waals surface area (Å²) in [6.45, 7) is 1.54. The molecule has 0 spiro atoms. The molecule has 0 radical (unpaired) electrons. The predicted octanol–water partition coefficient (Wildman–Crippen LogP) is 1.73. The quantitative estimate of drug-likeness (QED) is 0.252. The number of nitrogens with zero attached hydrogens (tertiary/aromatic N) is 1. The normalized spacial score (nSPS) is 15.8. The van der Waals surface area contributed by atoms with Crippen LogP contribution in [0.25, 0.3) is 0 Å². The van der Waals surface area contributed by atoms with Gasteiger partial charge < -0.3 is 19.4 Å². The maximum Gasteiger partial charge on any atom is 0.483 e. The van der Waals surface area contributed by atoms with Gasteiger partial charge >= 0.3 is 15.6 Å². The third-order valence-electron chi connectivity index (χ3n) is 2.39. The molecule has 0 heterocycles. The van der Waals surface area contributed by atoms with Crippen LogP contribution >= 0.6 is 15.6 Å². The van der Waals surface area contributed by atoms with Crippen LogP contribution in [-0.4, -0.2) is 32.5 Å². The van der Waals surface area contributed by atoms with E-state index < -0.39 is 26.9 Å². The zero-order valence-corrected chi connectivity index (χ0v) is 13.6. The molecule has 0 bridgehead atoms. The summed E-state index contributed by atoms with van der Waals surface area (Å²) in [4.78, 5) is 36.7. The lowest BCUT2D eigenvalue weighted by Crippen LogP contribution is -2.20. The monoisotopic (exact) mass is 371 g/mol. The Bertz CT molecular complexity index is 644. The minimum absolute atomic E-state index is 0.0151. The van der Waals surface area contributed by atoms with Gasteiger partial charge in [0.05, 0.1) is 4.92 Å². The van der Waals surface area contributed by atoms with E-state index in [0.717, 1.165) is 0 Å². The SMILES string of the molecule is CCOC(Cc1ccccc1[N+](=O)[O-])OP(=O)(O)OP(=O)(O)O. The molecule has 0 aliphatic carbocycles. The van der Waals surface area contributed by atoms with Gasteiger partial charge in [-0.1, -0.05) is 18.2 Å². The number of phosphoric acid groups is 2. The van der Waals surface area contributed by atoms with Crippen molar-refractivity contribution in [2.45, 2.75) is 19.6 Å². The third-order valence-corrected chi connectivity index (χ3v) is 4.57. The minimum atomic E-state index is -5.27. The number of hydrogen-bond acceptors (Lipinski definition) is 7. The van der Waals surface area contributed by atoms with Crippen LogP contribution in [0, 0.1) is 10.1 Å². The van der Waals surface area contributed by atoms with Gasteiger partial charge in [-0.3, -0.25) is 14.6 Å². The van der Waals surface area contributed by atoms with E-state index >= 15 is 0 Å². The fourth-order valence-corrected chi connectivity index (χ4v) is 3.32. The first kappa shape index (κ1) is 19.9. The van der Waals surface area contributed by atoms with E-state index in [-0.39, 0.29) is 24.3 Å². The number of nitro benzene ring substituents is 1. The molecule has 1 aromatic rings. The summed E-state index contributed by atoms with van der Waals surface area (Å²) in [7, 11) is -10.4. The van der Waals surface area contributed by atoms with Crippen molar-refractivity contribution in [1.82, 2.24) is 0 Å². The molecule has 3 N–H and O–H groups in total. The van der Waals surface area contributed by atoms with Crippen molar-refractivity contribution in [2.75, 3.05) is 6.61 Å². The number of hydrogen-bond donors (Lipinski definition) is 3. The Kier molecular flexibility index (Phi) is 7.00. The van der Waals surface area contributed by atoms with Crippen LogP contribution in [0.4, 0.5) is 5.69 Å². The number of ether oxygens (including phenoxy) is 1. The fourth-order valence-electron chi connectivity index (χ4n) is 1.66. The van der Waals surface area contributed by atoms with Crippen LogP contribution in [-0.2, 0) is 29.1 Å². The van der Waals surface area contributed by atoms with E-state index in [4.69, 9.17) is 14.5 Å². The van der Waals surface area contributed by atoms with Crippen LogP contribution in [0.1, 0.15) is 12.5 Å². The topological polar surface area (TPSA) is 166 Å². The molecule has 130 valence electrons. The van der Waals surface area contributed by atoms with Crippen LogP contribution in [0.3, 0.4) is 0 Å². The molecule has 13 heteroatoms. The first-order chi connectivity index (χ1) is 10.5. The lowest BCUT2D eigenvalue weighted by atomic mass is 10.1. The molecule has 0 amide bonds. The Balaban J connectivity index is 2.94. The molecule has 11 nitrogen and oxygen atoms in total. The van der Waals surface area contributed by atoms with E-state index in [9.17, 15) is 24.1 Å². The Hall–Kier alpha value is -1.16. The highest BCUT2D eigenvalue weighted by Gasteiger charge is 2.36. The van der Waals surface area contributed by atoms with Crippen LogP contribution in [0.15, 0.2) is 24.3 Å². The highest BCUT2D eigenvalue weighted by atomic mass is 31.3. The van der Waals surface area contributed by atoms with Gasteiger partial charge in [-0.25, -0.2) is 9.13 Å². The highest BCUT2D eigenvalue weighted by Crippen LogP contribution is 2.58. The van der Waals surface area contributed by atoms with Gasteiger partial charge in [0.1, 0.15) is 0 Å². The van der Waals surface area contributed by atoms with Crippen molar-refractivity contribution in [2.24, 2.45) is 0 Å². The Morgan fingerprint density at radius 2 is 1.87 bits per heavy atom. The molecule has 1 aromatic carbocycles. The maximum absolute atomic E-state index is 11.5. The average Bonchev–Trinajstić information content (AvgIpc) is 2.35. The van der Waals surface area contributed by atoms with Gasteiger partial charge in [-0.2, -0.15) is 4.31 Å². The van der Waals surface area contributed by atoms with Crippen LogP contribution in [0.2, 0.25) is 0 Å². The lowest BCUT2D eigenvalue weighted by molar-refractivity contribution is -0.385. The first-order valence-electron chi connectivity index (χ1n) is 6.16. The number of rotatable bonds is 9. The highest BCUT2D eigenvalue weighted by molar-refractivity contribution is 7.60. The summed E-state index contributed by atoms with van der Waals surface area (Å²) >= 11 is 0. The zero-order valence-electron chi connectivity index (χ0n) is 11.8. The largest absolute Gasteiger partial charge is 0.483 e. The molecule has 0 fully saturated rings. The molecule has 0 saturated carbocycles. The second-order valence-corrected chi connectivity index (χ2v) is 6.90. The Morgan fingerprint density at radius 3 is 2.39 bits per heavy atom. The minimum Gasteiger partial charge on any atom is -0.352 e. The Labute approximate surface area is 130 Å². The van der Waals surface area contributed by atoms with Gasteiger partial charge in [0.25, 0.3) is 5.69 Å². The molecule has 0 aromatic heterocycles.